The Morgan fingerprint density at radius 3 is 2.00 bits per heavy atom. The van der Waals surface area contributed by atoms with E-state index in [1.165, 1.54) is 17.4 Å². The molecule has 0 atom stereocenters. The topological polar surface area (TPSA) is 63.3 Å². The van der Waals surface area contributed by atoms with Gasteiger partial charge >= 0.3 is 0 Å². The molecule has 0 aliphatic heterocycles. The number of nitrogens with zero attached hydrogens (tertiary/aromatic N) is 4. The van der Waals surface area contributed by atoms with Crippen LogP contribution in [0.2, 0.25) is 0 Å². The van der Waals surface area contributed by atoms with Crippen LogP contribution in [0.5, 0.6) is 5.75 Å². The minimum absolute atomic E-state index is 0.152. The second kappa shape index (κ2) is 5.55. The molecule has 0 unspecified atom stereocenters. The lowest BCUT2D eigenvalue weighted by Crippen LogP contribution is -2.17. The minimum atomic E-state index is -0.152. The number of hydrogen-bond acceptors (Lipinski definition) is 4. The number of phenolic OH excluding ortho intramolecular Hbond substituents is 1. The second-order valence-corrected chi connectivity index (χ2v) is 7.53. The fourth-order valence-electron chi connectivity index (χ4n) is 2.26. The molecule has 1 N–H and O–H groups in total. The van der Waals surface area contributed by atoms with Crippen molar-refractivity contribution in [3.05, 3.63) is 41.5 Å². The molecule has 0 bridgehead atoms. The van der Waals surface area contributed by atoms with E-state index in [-0.39, 0.29) is 10.8 Å². The maximum absolute atomic E-state index is 10.7. The van der Waals surface area contributed by atoms with Crippen molar-refractivity contribution in [3.63, 3.8) is 0 Å². The van der Waals surface area contributed by atoms with Crippen molar-refractivity contribution < 1.29 is 5.11 Å². The van der Waals surface area contributed by atoms with Crippen LogP contribution in [0.3, 0.4) is 0 Å². The molecule has 1 aromatic carbocycles. The summed E-state index contributed by atoms with van der Waals surface area (Å²) < 4.78 is 0. The molecule has 1 aromatic heterocycles. The van der Waals surface area contributed by atoms with Crippen LogP contribution in [-0.2, 0) is 10.8 Å². The Bertz CT molecular complexity index is 639. The van der Waals surface area contributed by atoms with E-state index in [0.717, 1.165) is 16.7 Å². The van der Waals surface area contributed by atoms with Gasteiger partial charge in [-0.2, -0.15) is 5.10 Å². The first kappa shape index (κ1) is 16.2. The van der Waals surface area contributed by atoms with E-state index in [1.807, 2.05) is 12.1 Å². The molecule has 5 heteroatoms. The number of phenols is 1. The normalized spacial score (nSPS) is 13.0. The molecule has 22 heavy (non-hydrogen) atoms. The summed E-state index contributed by atoms with van der Waals surface area (Å²) in [5.74, 6) is 0.373. The van der Waals surface area contributed by atoms with Gasteiger partial charge < -0.3 is 5.11 Å². The van der Waals surface area contributed by atoms with Gasteiger partial charge in [-0.25, -0.2) is 4.98 Å². The third kappa shape index (κ3) is 3.53. The predicted molar refractivity (Wildman–Crippen MR) is 88.5 cm³/mol. The Balaban J connectivity index is 2.55. The SMILES string of the molecule is CC(C)(C)c1cc(/C=N/n2cncn2)cc(C(C)(C)C)c1O. The first-order valence-electron chi connectivity index (χ1n) is 7.36. The molecule has 0 saturated heterocycles. The summed E-state index contributed by atoms with van der Waals surface area (Å²) in [5.41, 5.74) is 2.46. The lowest BCUT2D eigenvalue weighted by atomic mass is 9.78. The molecule has 5 nitrogen and oxygen atoms in total. The number of benzene rings is 1. The third-order valence-corrected chi connectivity index (χ3v) is 3.48. The zero-order valence-electron chi connectivity index (χ0n) is 14.1. The van der Waals surface area contributed by atoms with Crippen LogP contribution in [0.25, 0.3) is 0 Å². The van der Waals surface area contributed by atoms with E-state index in [9.17, 15) is 5.11 Å². The third-order valence-electron chi connectivity index (χ3n) is 3.48. The molecule has 118 valence electrons. The van der Waals surface area contributed by atoms with Crippen molar-refractivity contribution in [2.24, 2.45) is 5.10 Å². The van der Waals surface area contributed by atoms with Crippen LogP contribution in [0.15, 0.2) is 29.9 Å². The number of aromatic hydroxyl groups is 1. The lowest BCUT2D eigenvalue weighted by Gasteiger charge is -2.27. The summed E-state index contributed by atoms with van der Waals surface area (Å²) in [6, 6.07) is 3.95. The highest BCUT2D eigenvalue weighted by molar-refractivity contribution is 5.81. The van der Waals surface area contributed by atoms with Gasteiger partial charge in [0.1, 0.15) is 18.4 Å². The van der Waals surface area contributed by atoms with E-state index in [2.05, 4.69) is 56.7 Å². The molecule has 0 amide bonds. The van der Waals surface area contributed by atoms with E-state index >= 15 is 0 Å². The number of aromatic nitrogens is 3. The molecule has 1 heterocycles. The highest BCUT2D eigenvalue weighted by atomic mass is 16.3. The van der Waals surface area contributed by atoms with Crippen LogP contribution in [-0.4, -0.2) is 26.2 Å². The van der Waals surface area contributed by atoms with Crippen molar-refractivity contribution >= 4 is 6.21 Å². The van der Waals surface area contributed by atoms with Crippen LogP contribution in [0, 0.1) is 0 Å². The summed E-state index contributed by atoms with van der Waals surface area (Å²) in [6.07, 6.45) is 4.71. The van der Waals surface area contributed by atoms with Crippen molar-refractivity contribution in [2.75, 3.05) is 0 Å². The molecule has 0 aliphatic carbocycles. The Morgan fingerprint density at radius 1 is 1.05 bits per heavy atom. The van der Waals surface area contributed by atoms with Crippen molar-refractivity contribution in [2.45, 2.75) is 52.4 Å². The quantitative estimate of drug-likeness (QED) is 0.864. The molecule has 2 rings (SSSR count). The predicted octanol–water partition coefficient (Wildman–Crippen LogP) is 3.46. The first-order valence-corrected chi connectivity index (χ1v) is 7.36. The minimum Gasteiger partial charge on any atom is -0.507 e. The number of rotatable bonds is 2. The summed E-state index contributed by atoms with van der Waals surface area (Å²) in [7, 11) is 0. The molecule has 0 saturated carbocycles. The average Bonchev–Trinajstić information content (AvgIpc) is 2.87. The van der Waals surface area contributed by atoms with Crippen LogP contribution in [0.4, 0.5) is 0 Å². The van der Waals surface area contributed by atoms with Gasteiger partial charge in [0.2, 0.25) is 0 Å². The standard InChI is InChI=1S/C17H24N4O/c1-16(2,3)13-7-12(9-19-21-11-18-10-20-21)8-14(15(13)22)17(4,5)6/h7-11,22H,1-6H3/b19-9+. The van der Waals surface area contributed by atoms with Crippen LogP contribution in [0.1, 0.15) is 58.2 Å². The van der Waals surface area contributed by atoms with Gasteiger partial charge in [-0.15, -0.1) is 9.89 Å². The average molecular weight is 300 g/mol. The monoisotopic (exact) mass is 300 g/mol. The van der Waals surface area contributed by atoms with Crippen molar-refractivity contribution in [1.82, 2.24) is 14.9 Å². The Hall–Kier alpha value is -2.17. The molecular weight excluding hydrogens is 276 g/mol. The Morgan fingerprint density at radius 2 is 1.59 bits per heavy atom. The fourth-order valence-corrected chi connectivity index (χ4v) is 2.26. The largest absolute Gasteiger partial charge is 0.507 e. The molecule has 0 radical (unpaired) electrons. The zero-order valence-corrected chi connectivity index (χ0v) is 14.1. The van der Waals surface area contributed by atoms with Crippen LogP contribution < -0.4 is 0 Å². The summed E-state index contributed by atoms with van der Waals surface area (Å²) >= 11 is 0. The van der Waals surface area contributed by atoms with Gasteiger partial charge in [-0.05, 0) is 28.5 Å². The molecule has 0 spiro atoms. The maximum atomic E-state index is 10.7. The van der Waals surface area contributed by atoms with Gasteiger partial charge in [0.05, 0.1) is 6.21 Å². The zero-order chi connectivity index (χ0) is 16.5. The lowest BCUT2D eigenvalue weighted by molar-refractivity contribution is 0.423. The smallest absolute Gasteiger partial charge is 0.139 e. The fraction of sp³-hybridized carbons (Fsp3) is 0.471. The maximum Gasteiger partial charge on any atom is 0.139 e. The van der Waals surface area contributed by atoms with E-state index in [0.29, 0.717) is 5.75 Å². The second-order valence-electron chi connectivity index (χ2n) is 7.53. The molecular formula is C17H24N4O. The van der Waals surface area contributed by atoms with E-state index < -0.39 is 0 Å². The van der Waals surface area contributed by atoms with E-state index in [4.69, 9.17) is 0 Å². The van der Waals surface area contributed by atoms with Gasteiger partial charge in [0.15, 0.2) is 0 Å². The molecule has 0 aliphatic rings. The van der Waals surface area contributed by atoms with Gasteiger partial charge in [0, 0.05) is 11.1 Å². The summed E-state index contributed by atoms with van der Waals surface area (Å²) in [5, 5.41) is 18.9. The first-order chi connectivity index (χ1) is 10.1. The molecule has 2 aromatic rings. The van der Waals surface area contributed by atoms with E-state index in [1.54, 1.807) is 6.21 Å². The summed E-state index contributed by atoms with van der Waals surface area (Å²) in [4.78, 5) is 5.26. The van der Waals surface area contributed by atoms with Gasteiger partial charge in [0.25, 0.3) is 0 Å². The number of hydrogen-bond donors (Lipinski definition) is 1. The molecule has 0 fully saturated rings. The van der Waals surface area contributed by atoms with Gasteiger partial charge in [-0.1, -0.05) is 41.5 Å². The highest BCUT2D eigenvalue weighted by Crippen LogP contribution is 2.39. The Labute approximate surface area is 131 Å². The van der Waals surface area contributed by atoms with Crippen molar-refractivity contribution in [1.29, 1.82) is 0 Å². The Kier molecular flexibility index (Phi) is 4.09. The highest BCUT2D eigenvalue weighted by Gasteiger charge is 2.26. The van der Waals surface area contributed by atoms with Crippen molar-refractivity contribution in [3.8, 4) is 5.75 Å². The van der Waals surface area contributed by atoms with Crippen LogP contribution >= 0.6 is 0 Å². The van der Waals surface area contributed by atoms with Gasteiger partial charge in [-0.3, -0.25) is 0 Å². The summed E-state index contributed by atoms with van der Waals surface area (Å²) in [6.45, 7) is 12.5.